The Morgan fingerprint density at radius 2 is 2.06 bits per heavy atom. The quantitative estimate of drug-likeness (QED) is 0.818. The fourth-order valence-electron chi connectivity index (χ4n) is 1.94. The molecule has 1 aromatic heterocycles. The van der Waals surface area contributed by atoms with Crippen molar-refractivity contribution < 1.29 is 5.11 Å². The predicted molar refractivity (Wildman–Crippen MR) is 66.3 cm³/mol. The van der Waals surface area contributed by atoms with Crippen LogP contribution >= 0.6 is 0 Å². The van der Waals surface area contributed by atoms with Crippen molar-refractivity contribution in [2.24, 2.45) is 12.8 Å². The lowest BCUT2D eigenvalue weighted by molar-refractivity contribution is 0.0463. The molecule has 4 nitrogen and oxygen atoms in total. The Hall–Kier alpha value is -1.65. The van der Waals surface area contributed by atoms with Gasteiger partial charge in [0, 0.05) is 26.2 Å². The highest BCUT2D eigenvalue weighted by atomic mass is 16.3. The van der Waals surface area contributed by atoms with E-state index < -0.39 is 5.60 Å². The second-order valence-corrected chi connectivity index (χ2v) is 4.30. The third-order valence-corrected chi connectivity index (χ3v) is 2.90. The minimum Gasteiger partial charge on any atom is -0.383 e. The Bertz CT molecular complexity index is 480. The molecule has 17 heavy (non-hydrogen) atoms. The van der Waals surface area contributed by atoms with Crippen molar-refractivity contribution in [3.05, 3.63) is 53.9 Å². The molecule has 1 aromatic carbocycles. The van der Waals surface area contributed by atoms with Crippen LogP contribution in [0.4, 0.5) is 0 Å². The number of aromatic nitrogens is 2. The first kappa shape index (κ1) is 11.8. The summed E-state index contributed by atoms with van der Waals surface area (Å²) in [6.45, 7) is 0.186. The summed E-state index contributed by atoms with van der Waals surface area (Å²) >= 11 is 0. The lowest BCUT2D eigenvalue weighted by atomic mass is 9.88. The van der Waals surface area contributed by atoms with Gasteiger partial charge in [-0.2, -0.15) is 5.10 Å². The normalized spacial score (nSPS) is 14.5. The highest BCUT2D eigenvalue weighted by Crippen LogP contribution is 2.24. The topological polar surface area (TPSA) is 64.1 Å². The minimum atomic E-state index is -1.02. The van der Waals surface area contributed by atoms with Gasteiger partial charge >= 0.3 is 0 Å². The zero-order chi connectivity index (χ0) is 12.3. The largest absolute Gasteiger partial charge is 0.383 e. The Morgan fingerprint density at radius 3 is 2.59 bits per heavy atom. The van der Waals surface area contributed by atoms with E-state index in [4.69, 9.17) is 5.73 Å². The number of benzene rings is 1. The lowest BCUT2D eigenvalue weighted by Gasteiger charge is -2.26. The highest BCUT2D eigenvalue weighted by Gasteiger charge is 2.28. The summed E-state index contributed by atoms with van der Waals surface area (Å²) in [4.78, 5) is 0. The molecular weight excluding hydrogens is 214 g/mol. The minimum absolute atomic E-state index is 0.186. The summed E-state index contributed by atoms with van der Waals surface area (Å²) in [5.41, 5.74) is 6.51. The van der Waals surface area contributed by atoms with Gasteiger partial charge in [-0.25, -0.2) is 0 Å². The molecule has 0 bridgehead atoms. The molecule has 2 aromatic rings. The maximum absolute atomic E-state index is 10.6. The summed E-state index contributed by atoms with van der Waals surface area (Å²) in [5.74, 6) is 0. The van der Waals surface area contributed by atoms with Crippen LogP contribution in [-0.4, -0.2) is 21.4 Å². The van der Waals surface area contributed by atoms with E-state index in [0.29, 0.717) is 6.42 Å². The van der Waals surface area contributed by atoms with E-state index in [2.05, 4.69) is 5.10 Å². The highest BCUT2D eigenvalue weighted by molar-refractivity contribution is 5.25. The third-order valence-electron chi connectivity index (χ3n) is 2.90. The molecule has 0 radical (unpaired) electrons. The second kappa shape index (κ2) is 4.69. The van der Waals surface area contributed by atoms with Crippen LogP contribution in [0, 0.1) is 0 Å². The summed E-state index contributed by atoms with van der Waals surface area (Å²) in [7, 11) is 1.85. The molecule has 0 saturated carbocycles. The molecule has 0 amide bonds. The van der Waals surface area contributed by atoms with Crippen LogP contribution in [0.1, 0.15) is 11.1 Å². The van der Waals surface area contributed by atoms with Crippen molar-refractivity contribution in [1.29, 1.82) is 0 Å². The average Bonchev–Trinajstić information content (AvgIpc) is 2.75. The maximum atomic E-state index is 10.6. The molecule has 0 aliphatic heterocycles. The van der Waals surface area contributed by atoms with Crippen molar-refractivity contribution in [2.45, 2.75) is 12.0 Å². The first-order valence-electron chi connectivity index (χ1n) is 5.59. The van der Waals surface area contributed by atoms with Gasteiger partial charge in [-0.15, -0.1) is 0 Å². The summed E-state index contributed by atoms with van der Waals surface area (Å²) in [6, 6.07) is 9.51. The van der Waals surface area contributed by atoms with Crippen molar-refractivity contribution >= 4 is 0 Å². The molecular formula is C13H17N3O. The smallest absolute Gasteiger partial charge is 0.106 e. The molecule has 3 N–H and O–H groups in total. The number of rotatable bonds is 4. The molecule has 90 valence electrons. The van der Waals surface area contributed by atoms with E-state index in [1.165, 1.54) is 0 Å². The van der Waals surface area contributed by atoms with Crippen LogP contribution in [0.2, 0.25) is 0 Å². The van der Waals surface area contributed by atoms with Crippen LogP contribution in [0.5, 0.6) is 0 Å². The van der Waals surface area contributed by atoms with Gasteiger partial charge in [0.25, 0.3) is 0 Å². The molecule has 0 aliphatic rings. The molecule has 4 heteroatoms. The summed E-state index contributed by atoms with van der Waals surface area (Å²) in [6.07, 6.45) is 4.12. The molecule has 0 fully saturated rings. The van der Waals surface area contributed by atoms with Crippen molar-refractivity contribution in [3.8, 4) is 0 Å². The molecule has 1 atom stereocenters. The van der Waals surface area contributed by atoms with E-state index in [1.807, 2.05) is 43.6 Å². The van der Waals surface area contributed by atoms with Crippen LogP contribution < -0.4 is 5.73 Å². The van der Waals surface area contributed by atoms with Crippen molar-refractivity contribution in [1.82, 2.24) is 9.78 Å². The fraction of sp³-hybridized carbons (Fsp3) is 0.308. The van der Waals surface area contributed by atoms with Crippen LogP contribution in [0.25, 0.3) is 0 Å². The van der Waals surface area contributed by atoms with E-state index in [0.717, 1.165) is 11.1 Å². The van der Waals surface area contributed by atoms with E-state index in [9.17, 15) is 5.11 Å². The third kappa shape index (κ3) is 2.54. The van der Waals surface area contributed by atoms with E-state index in [-0.39, 0.29) is 6.54 Å². The van der Waals surface area contributed by atoms with Gasteiger partial charge in [0.1, 0.15) is 5.60 Å². The number of aryl methyl sites for hydroxylation is 1. The first-order chi connectivity index (χ1) is 8.14. The Labute approximate surface area is 101 Å². The number of aliphatic hydroxyl groups is 1. The van der Waals surface area contributed by atoms with Gasteiger partial charge < -0.3 is 10.8 Å². The van der Waals surface area contributed by atoms with Crippen LogP contribution in [-0.2, 0) is 19.1 Å². The summed E-state index contributed by atoms with van der Waals surface area (Å²) in [5, 5.41) is 14.7. The molecule has 2 rings (SSSR count). The Morgan fingerprint density at radius 1 is 1.35 bits per heavy atom. The zero-order valence-electron chi connectivity index (χ0n) is 9.87. The number of nitrogens with two attached hydrogens (primary N) is 1. The van der Waals surface area contributed by atoms with Gasteiger partial charge in [-0.3, -0.25) is 4.68 Å². The monoisotopic (exact) mass is 231 g/mol. The van der Waals surface area contributed by atoms with E-state index >= 15 is 0 Å². The molecule has 0 aliphatic carbocycles. The Balaban J connectivity index is 2.26. The SMILES string of the molecule is Cn1cc(CC(O)(CN)c2ccccc2)cn1. The average molecular weight is 231 g/mol. The van der Waals surface area contributed by atoms with Crippen molar-refractivity contribution in [3.63, 3.8) is 0 Å². The lowest BCUT2D eigenvalue weighted by Crippen LogP contribution is -2.37. The zero-order valence-corrected chi connectivity index (χ0v) is 9.87. The van der Waals surface area contributed by atoms with Crippen LogP contribution in [0.15, 0.2) is 42.7 Å². The molecule has 0 saturated heterocycles. The van der Waals surface area contributed by atoms with Crippen molar-refractivity contribution in [2.75, 3.05) is 6.54 Å². The maximum Gasteiger partial charge on any atom is 0.106 e. The van der Waals surface area contributed by atoms with Gasteiger partial charge in [-0.05, 0) is 11.1 Å². The summed E-state index contributed by atoms with van der Waals surface area (Å²) < 4.78 is 1.72. The number of hydrogen-bond donors (Lipinski definition) is 2. The fourth-order valence-corrected chi connectivity index (χ4v) is 1.94. The molecule has 1 unspecified atom stereocenters. The Kier molecular flexibility index (Phi) is 3.26. The van der Waals surface area contributed by atoms with Crippen LogP contribution in [0.3, 0.4) is 0 Å². The standard InChI is InChI=1S/C13H17N3O/c1-16-9-11(8-15-16)7-13(17,10-14)12-5-3-2-4-6-12/h2-6,8-9,17H,7,10,14H2,1H3. The molecule has 1 heterocycles. The first-order valence-corrected chi connectivity index (χ1v) is 5.59. The van der Waals surface area contributed by atoms with Gasteiger partial charge in [0.2, 0.25) is 0 Å². The van der Waals surface area contributed by atoms with Gasteiger partial charge in [0.05, 0.1) is 6.20 Å². The predicted octanol–water partition coefficient (Wildman–Crippen LogP) is 0.809. The molecule has 0 spiro atoms. The number of nitrogens with zero attached hydrogens (tertiary/aromatic N) is 2. The second-order valence-electron chi connectivity index (χ2n) is 4.30. The number of hydrogen-bond acceptors (Lipinski definition) is 3. The van der Waals surface area contributed by atoms with Gasteiger partial charge in [-0.1, -0.05) is 30.3 Å². The van der Waals surface area contributed by atoms with Gasteiger partial charge in [0.15, 0.2) is 0 Å². The van der Waals surface area contributed by atoms with E-state index in [1.54, 1.807) is 10.9 Å².